The lowest BCUT2D eigenvalue weighted by Gasteiger charge is -2.21. The molecule has 0 radical (unpaired) electrons. The zero-order valence-corrected chi connectivity index (χ0v) is 10.7. The zero-order chi connectivity index (χ0) is 13.0. The fourth-order valence-electron chi connectivity index (χ4n) is 1.92. The molecule has 18 heavy (non-hydrogen) atoms. The molecule has 0 aliphatic rings. The predicted octanol–water partition coefficient (Wildman–Crippen LogP) is 1.21. The minimum absolute atomic E-state index is 0.757. The predicted molar refractivity (Wildman–Crippen MR) is 71.0 cm³/mol. The number of anilines is 2. The van der Waals surface area contributed by atoms with Crippen molar-refractivity contribution in [1.82, 2.24) is 20.2 Å². The number of nitrogens with two attached hydrogens (primary N) is 1. The Hall–Kier alpha value is -2.11. The summed E-state index contributed by atoms with van der Waals surface area (Å²) >= 11 is 0. The van der Waals surface area contributed by atoms with Gasteiger partial charge >= 0.3 is 0 Å². The molecule has 2 rings (SSSR count). The van der Waals surface area contributed by atoms with Crippen LogP contribution in [-0.4, -0.2) is 26.8 Å². The summed E-state index contributed by atoms with van der Waals surface area (Å²) in [6.07, 6.45) is 1.04. The van der Waals surface area contributed by atoms with Crippen molar-refractivity contribution in [3.63, 3.8) is 0 Å². The number of nitrogens with zero attached hydrogens (tertiary/aromatic N) is 5. The van der Waals surface area contributed by atoms with E-state index in [0.29, 0.717) is 0 Å². The summed E-state index contributed by atoms with van der Waals surface area (Å²) in [7, 11) is 1.84. The second kappa shape index (κ2) is 5.48. The van der Waals surface area contributed by atoms with E-state index in [2.05, 4.69) is 33.4 Å². The van der Waals surface area contributed by atoms with Gasteiger partial charge in [0.25, 0.3) is 0 Å². The van der Waals surface area contributed by atoms with Crippen LogP contribution < -0.4 is 10.6 Å². The van der Waals surface area contributed by atoms with Gasteiger partial charge in [0, 0.05) is 25.8 Å². The molecular weight excluding hydrogens is 228 g/mol. The van der Waals surface area contributed by atoms with Crippen molar-refractivity contribution in [2.75, 3.05) is 17.2 Å². The molecule has 0 aliphatic carbocycles. The molecule has 0 spiro atoms. The van der Waals surface area contributed by atoms with Gasteiger partial charge in [-0.3, -0.25) is 0 Å². The second-order valence-corrected chi connectivity index (χ2v) is 4.27. The molecule has 0 fully saturated rings. The van der Waals surface area contributed by atoms with Gasteiger partial charge in [0.2, 0.25) is 5.95 Å². The van der Waals surface area contributed by atoms with Gasteiger partial charge in [-0.25, -0.2) is 4.68 Å². The molecule has 6 nitrogen and oxygen atoms in total. The molecule has 1 heterocycles. The zero-order valence-electron chi connectivity index (χ0n) is 10.7. The van der Waals surface area contributed by atoms with E-state index in [1.165, 1.54) is 0 Å². The number of nitrogen functional groups attached to an aromatic ring is 1. The van der Waals surface area contributed by atoms with Crippen molar-refractivity contribution in [1.29, 1.82) is 0 Å². The normalized spacial score (nSPS) is 10.6. The van der Waals surface area contributed by atoms with E-state index in [1.807, 2.05) is 25.2 Å². The number of aryl methyl sites for hydroxylation is 1. The van der Waals surface area contributed by atoms with Crippen molar-refractivity contribution in [2.45, 2.75) is 19.9 Å². The first kappa shape index (κ1) is 12.3. The summed E-state index contributed by atoms with van der Waals surface area (Å²) in [5, 5.41) is 11.6. The smallest absolute Gasteiger partial charge is 0.245 e. The minimum Gasteiger partial charge on any atom is -0.399 e. The molecule has 1 aromatic heterocycles. The Labute approximate surface area is 106 Å². The molecule has 0 saturated heterocycles. The molecule has 0 amide bonds. The molecule has 96 valence electrons. The Morgan fingerprint density at radius 2 is 2.22 bits per heavy atom. The topological polar surface area (TPSA) is 72.9 Å². The lowest BCUT2D eigenvalue weighted by atomic mass is 10.2. The molecular formula is C12H18N6. The Morgan fingerprint density at radius 1 is 1.39 bits per heavy atom. The first-order valence-corrected chi connectivity index (χ1v) is 6.02. The number of hydrogen-bond donors (Lipinski definition) is 1. The van der Waals surface area contributed by atoms with E-state index < -0.39 is 0 Å². The van der Waals surface area contributed by atoms with Gasteiger partial charge in [-0.1, -0.05) is 24.2 Å². The Bertz CT molecular complexity index is 507. The van der Waals surface area contributed by atoms with Gasteiger partial charge in [-0.15, -0.1) is 0 Å². The van der Waals surface area contributed by atoms with Crippen molar-refractivity contribution in [3.8, 4) is 0 Å². The highest BCUT2D eigenvalue weighted by atomic mass is 15.6. The fraction of sp³-hybridized carbons (Fsp3) is 0.417. The third-order valence-electron chi connectivity index (χ3n) is 2.70. The highest BCUT2D eigenvalue weighted by Gasteiger charge is 2.12. The molecule has 6 heteroatoms. The SMILES string of the molecule is CCCN(Cc1cccc(N)c1)c1nnnn1C. The van der Waals surface area contributed by atoms with Crippen LogP contribution in [0.4, 0.5) is 11.6 Å². The monoisotopic (exact) mass is 246 g/mol. The van der Waals surface area contributed by atoms with Crippen LogP contribution in [0.1, 0.15) is 18.9 Å². The van der Waals surface area contributed by atoms with Gasteiger partial charge in [0.15, 0.2) is 0 Å². The lowest BCUT2D eigenvalue weighted by molar-refractivity contribution is 0.669. The first-order chi connectivity index (χ1) is 8.70. The standard InChI is InChI=1S/C12H18N6/c1-3-7-18(12-14-15-16-17(12)2)9-10-5-4-6-11(13)8-10/h4-6,8H,3,7,9,13H2,1-2H3. The van der Waals surface area contributed by atoms with Gasteiger partial charge in [-0.2, -0.15) is 0 Å². The van der Waals surface area contributed by atoms with Crippen molar-refractivity contribution >= 4 is 11.6 Å². The Morgan fingerprint density at radius 3 is 2.83 bits per heavy atom. The lowest BCUT2D eigenvalue weighted by Crippen LogP contribution is -2.26. The highest BCUT2D eigenvalue weighted by molar-refractivity contribution is 5.42. The minimum atomic E-state index is 0.757. The summed E-state index contributed by atoms with van der Waals surface area (Å²) in [6, 6.07) is 7.89. The van der Waals surface area contributed by atoms with Crippen LogP contribution in [-0.2, 0) is 13.6 Å². The van der Waals surface area contributed by atoms with Crippen LogP contribution in [0, 0.1) is 0 Å². The van der Waals surface area contributed by atoms with E-state index in [0.717, 1.165) is 36.7 Å². The number of benzene rings is 1. The summed E-state index contributed by atoms with van der Waals surface area (Å²) in [6.45, 7) is 3.80. The molecule has 0 unspecified atom stereocenters. The molecule has 0 saturated carbocycles. The number of rotatable bonds is 5. The van der Waals surface area contributed by atoms with Crippen molar-refractivity contribution in [3.05, 3.63) is 29.8 Å². The average molecular weight is 246 g/mol. The van der Waals surface area contributed by atoms with Crippen LogP contribution in [0.3, 0.4) is 0 Å². The Balaban J connectivity index is 2.19. The maximum atomic E-state index is 5.79. The number of hydrogen-bond acceptors (Lipinski definition) is 5. The molecule has 0 aliphatic heterocycles. The third-order valence-corrected chi connectivity index (χ3v) is 2.70. The number of aromatic nitrogens is 4. The largest absolute Gasteiger partial charge is 0.399 e. The number of tetrazole rings is 1. The summed E-state index contributed by atoms with van der Waals surface area (Å²) in [4.78, 5) is 2.15. The van der Waals surface area contributed by atoms with Crippen molar-refractivity contribution in [2.24, 2.45) is 7.05 Å². The molecule has 0 bridgehead atoms. The van der Waals surface area contributed by atoms with Crippen molar-refractivity contribution < 1.29 is 0 Å². The van der Waals surface area contributed by atoms with Gasteiger partial charge in [0.1, 0.15) is 0 Å². The molecule has 2 N–H and O–H groups in total. The Kier molecular flexibility index (Phi) is 3.76. The molecule has 0 atom stereocenters. The van der Waals surface area contributed by atoms with Gasteiger partial charge in [0.05, 0.1) is 0 Å². The highest BCUT2D eigenvalue weighted by Crippen LogP contribution is 2.14. The van der Waals surface area contributed by atoms with E-state index >= 15 is 0 Å². The fourth-order valence-corrected chi connectivity index (χ4v) is 1.92. The first-order valence-electron chi connectivity index (χ1n) is 6.02. The molecule has 2 aromatic rings. The quantitative estimate of drug-likeness (QED) is 0.803. The summed E-state index contributed by atoms with van der Waals surface area (Å²) < 4.78 is 1.68. The maximum absolute atomic E-state index is 5.79. The average Bonchev–Trinajstić information content (AvgIpc) is 2.75. The van der Waals surface area contributed by atoms with Crippen LogP contribution in [0.5, 0.6) is 0 Å². The van der Waals surface area contributed by atoms with E-state index in [-0.39, 0.29) is 0 Å². The maximum Gasteiger partial charge on any atom is 0.245 e. The van der Waals surface area contributed by atoms with Crippen LogP contribution in [0.25, 0.3) is 0 Å². The van der Waals surface area contributed by atoms with Crippen LogP contribution in [0.15, 0.2) is 24.3 Å². The van der Waals surface area contributed by atoms with Gasteiger partial charge < -0.3 is 10.6 Å². The van der Waals surface area contributed by atoms with E-state index in [9.17, 15) is 0 Å². The third kappa shape index (κ3) is 2.77. The summed E-state index contributed by atoms with van der Waals surface area (Å²) in [5.74, 6) is 0.777. The van der Waals surface area contributed by atoms with Crippen LogP contribution in [0.2, 0.25) is 0 Å². The second-order valence-electron chi connectivity index (χ2n) is 4.27. The van der Waals surface area contributed by atoms with Gasteiger partial charge in [-0.05, 0) is 34.5 Å². The van der Waals surface area contributed by atoms with E-state index in [4.69, 9.17) is 5.73 Å². The van der Waals surface area contributed by atoms with E-state index in [1.54, 1.807) is 4.68 Å². The van der Waals surface area contributed by atoms with Crippen LogP contribution >= 0.6 is 0 Å². The summed E-state index contributed by atoms with van der Waals surface area (Å²) in [5.41, 5.74) is 7.73. The molecule has 1 aromatic carbocycles.